The van der Waals surface area contributed by atoms with E-state index in [1.165, 1.54) is 5.56 Å². The minimum Gasteiger partial charge on any atom is -0.350 e. The molecule has 1 aromatic carbocycles. The van der Waals surface area contributed by atoms with Gasteiger partial charge in [-0.1, -0.05) is 30.3 Å². The molecule has 1 heterocycles. The maximum atomic E-state index is 5.53. The third-order valence-electron chi connectivity index (χ3n) is 2.01. The average molecular weight is 164 g/mol. The Bertz CT molecular complexity index is 245. The van der Waals surface area contributed by atoms with Crippen molar-refractivity contribution in [1.82, 2.24) is 0 Å². The summed E-state index contributed by atoms with van der Waals surface area (Å²) in [7, 11) is 0. The molecule has 0 aromatic heterocycles. The van der Waals surface area contributed by atoms with Gasteiger partial charge in [-0.05, 0) is 12.5 Å². The topological polar surface area (TPSA) is 18.5 Å². The highest BCUT2D eigenvalue weighted by Crippen LogP contribution is 2.25. The first kappa shape index (κ1) is 7.77. The van der Waals surface area contributed by atoms with Crippen LogP contribution in [0.2, 0.25) is 0 Å². The van der Waals surface area contributed by atoms with E-state index < -0.39 is 0 Å². The number of benzene rings is 1. The van der Waals surface area contributed by atoms with Crippen molar-refractivity contribution in [3.63, 3.8) is 0 Å². The Labute approximate surface area is 72.1 Å². The van der Waals surface area contributed by atoms with Gasteiger partial charge in [-0.2, -0.15) is 0 Å². The lowest BCUT2D eigenvalue weighted by Crippen LogP contribution is -2.01. The lowest BCUT2D eigenvalue weighted by Gasteiger charge is -2.07. The molecule has 0 spiro atoms. The Morgan fingerprint density at radius 1 is 1.25 bits per heavy atom. The summed E-state index contributed by atoms with van der Waals surface area (Å²) in [5, 5.41) is 0. The fourth-order valence-corrected chi connectivity index (χ4v) is 1.38. The molecule has 1 aromatic rings. The van der Waals surface area contributed by atoms with Crippen LogP contribution in [0.3, 0.4) is 0 Å². The predicted octanol–water partition coefficient (Wildman–Crippen LogP) is 2.12. The van der Waals surface area contributed by atoms with Gasteiger partial charge in [0.05, 0.1) is 6.61 Å². The third kappa shape index (κ3) is 1.49. The summed E-state index contributed by atoms with van der Waals surface area (Å²) in [6.07, 6.45) is 0.0661. The normalized spacial score (nSPS) is 29.1. The predicted molar refractivity (Wildman–Crippen MR) is 45.7 cm³/mol. The van der Waals surface area contributed by atoms with Gasteiger partial charge < -0.3 is 9.47 Å². The summed E-state index contributed by atoms with van der Waals surface area (Å²) in [5.41, 5.74) is 1.20. The Kier molecular flexibility index (Phi) is 2.11. The number of hydrogen-bond donors (Lipinski definition) is 0. The van der Waals surface area contributed by atoms with Gasteiger partial charge >= 0.3 is 0 Å². The molecule has 2 nitrogen and oxygen atoms in total. The van der Waals surface area contributed by atoms with Crippen LogP contribution in [0.25, 0.3) is 0 Å². The van der Waals surface area contributed by atoms with Crippen molar-refractivity contribution in [2.45, 2.75) is 19.3 Å². The molecule has 2 heteroatoms. The lowest BCUT2D eigenvalue weighted by atomic mass is 10.1. The van der Waals surface area contributed by atoms with Crippen LogP contribution in [0, 0.1) is 0 Å². The SMILES string of the molecule is C[C@H]1OC[C@@H](c2ccccc2)O1. The maximum absolute atomic E-state index is 5.53. The molecule has 12 heavy (non-hydrogen) atoms. The van der Waals surface area contributed by atoms with Crippen LogP contribution in [0.1, 0.15) is 18.6 Å². The second-order valence-electron chi connectivity index (χ2n) is 2.94. The highest BCUT2D eigenvalue weighted by atomic mass is 16.7. The highest BCUT2D eigenvalue weighted by molar-refractivity contribution is 5.18. The zero-order chi connectivity index (χ0) is 8.39. The number of hydrogen-bond acceptors (Lipinski definition) is 2. The van der Waals surface area contributed by atoms with Crippen molar-refractivity contribution < 1.29 is 9.47 Å². The molecule has 2 atom stereocenters. The summed E-state index contributed by atoms with van der Waals surface area (Å²) in [5.74, 6) is 0. The van der Waals surface area contributed by atoms with Crippen LogP contribution in [-0.4, -0.2) is 12.9 Å². The molecule has 1 fully saturated rings. The minimum atomic E-state index is -0.0600. The standard InChI is InChI=1S/C10H12O2/c1-8-11-7-10(12-8)9-5-3-2-4-6-9/h2-6,8,10H,7H2,1H3/t8-,10-/m0/s1. The van der Waals surface area contributed by atoms with Crippen LogP contribution in [0.5, 0.6) is 0 Å². The summed E-state index contributed by atoms with van der Waals surface area (Å²) < 4.78 is 10.8. The Morgan fingerprint density at radius 3 is 2.58 bits per heavy atom. The van der Waals surface area contributed by atoms with Crippen molar-refractivity contribution >= 4 is 0 Å². The van der Waals surface area contributed by atoms with E-state index in [0.29, 0.717) is 6.61 Å². The first-order valence-corrected chi connectivity index (χ1v) is 4.18. The highest BCUT2D eigenvalue weighted by Gasteiger charge is 2.23. The summed E-state index contributed by atoms with van der Waals surface area (Å²) in [4.78, 5) is 0. The van der Waals surface area contributed by atoms with Gasteiger partial charge in [0, 0.05) is 0 Å². The third-order valence-corrected chi connectivity index (χ3v) is 2.01. The molecule has 0 N–H and O–H groups in total. The fourth-order valence-electron chi connectivity index (χ4n) is 1.38. The largest absolute Gasteiger partial charge is 0.350 e. The lowest BCUT2D eigenvalue weighted by molar-refractivity contribution is -0.0426. The van der Waals surface area contributed by atoms with Gasteiger partial charge in [-0.3, -0.25) is 0 Å². The molecule has 0 unspecified atom stereocenters. The van der Waals surface area contributed by atoms with E-state index in [1.54, 1.807) is 0 Å². The van der Waals surface area contributed by atoms with Crippen molar-refractivity contribution in [1.29, 1.82) is 0 Å². The summed E-state index contributed by atoms with van der Waals surface area (Å²) in [6.45, 7) is 2.59. The van der Waals surface area contributed by atoms with Crippen molar-refractivity contribution in [3.05, 3.63) is 35.9 Å². The summed E-state index contributed by atoms with van der Waals surface area (Å²) >= 11 is 0. The van der Waals surface area contributed by atoms with E-state index in [2.05, 4.69) is 12.1 Å². The number of ether oxygens (including phenoxy) is 2. The van der Waals surface area contributed by atoms with Crippen LogP contribution in [0.4, 0.5) is 0 Å². The average Bonchev–Trinajstić information content (AvgIpc) is 2.54. The zero-order valence-electron chi connectivity index (χ0n) is 7.07. The minimum absolute atomic E-state index is 0.0600. The monoisotopic (exact) mass is 164 g/mol. The molecule has 1 saturated heterocycles. The summed E-state index contributed by atoms with van der Waals surface area (Å²) in [6, 6.07) is 10.2. The molecule has 0 aliphatic carbocycles. The van der Waals surface area contributed by atoms with E-state index in [4.69, 9.17) is 9.47 Å². The van der Waals surface area contributed by atoms with Gasteiger partial charge in [0.2, 0.25) is 0 Å². The van der Waals surface area contributed by atoms with Gasteiger partial charge in [0.15, 0.2) is 6.29 Å². The van der Waals surface area contributed by atoms with Crippen LogP contribution in [0.15, 0.2) is 30.3 Å². The van der Waals surface area contributed by atoms with E-state index in [0.717, 1.165) is 0 Å². The Hall–Kier alpha value is -0.860. The van der Waals surface area contributed by atoms with Crippen LogP contribution in [-0.2, 0) is 9.47 Å². The van der Waals surface area contributed by atoms with E-state index in [-0.39, 0.29) is 12.4 Å². The van der Waals surface area contributed by atoms with Gasteiger partial charge in [0.25, 0.3) is 0 Å². The van der Waals surface area contributed by atoms with Crippen molar-refractivity contribution in [2.75, 3.05) is 6.61 Å². The van der Waals surface area contributed by atoms with E-state index >= 15 is 0 Å². The molecular weight excluding hydrogens is 152 g/mol. The molecule has 1 aliphatic heterocycles. The second-order valence-corrected chi connectivity index (χ2v) is 2.94. The molecule has 2 rings (SSSR count). The maximum Gasteiger partial charge on any atom is 0.155 e. The zero-order valence-corrected chi connectivity index (χ0v) is 7.07. The van der Waals surface area contributed by atoms with Crippen molar-refractivity contribution in [3.8, 4) is 0 Å². The molecule has 0 amide bonds. The van der Waals surface area contributed by atoms with Crippen LogP contribution < -0.4 is 0 Å². The second kappa shape index (κ2) is 3.25. The van der Waals surface area contributed by atoms with Crippen molar-refractivity contribution in [2.24, 2.45) is 0 Å². The van der Waals surface area contributed by atoms with Gasteiger partial charge in [0.1, 0.15) is 6.10 Å². The van der Waals surface area contributed by atoms with Gasteiger partial charge in [-0.15, -0.1) is 0 Å². The molecule has 64 valence electrons. The number of rotatable bonds is 1. The smallest absolute Gasteiger partial charge is 0.155 e. The van der Waals surface area contributed by atoms with E-state index in [1.807, 2.05) is 25.1 Å². The Balaban J connectivity index is 2.11. The quantitative estimate of drug-likeness (QED) is 0.633. The molecule has 0 radical (unpaired) electrons. The first-order valence-electron chi connectivity index (χ1n) is 4.18. The van der Waals surface area contributed by atoms with Gasteiger partial charge in [-0.25, -0.2) is 0 Å². The molecular formula is C10H12O2. The molecule has 1 aliphatic rings. The Morgan fingerprint density at radius 2 is 2.00 bits per heavy atom. The molecule has 0 bridgehead atoms. The fraction of sp³-hybridized carbons (Fsp3) is 0.400. The molecule has 0 saturated carbocycles. The van der Waals surface area contributed by atoms with E-state index in [9.17, 15) is 0 Å². The van der Waals surface area contributed by atoms with Crippen LogP contribution >= 0.6 is 0 Å². The first-order chi connectivity index (χ1) is 5.86.